The van der Waals surface area contributed by atoms with Crippen molar-refractivity contribution < 1.29 is 14.6 Å². The summed E-state index contributed by atoms with van der Waals surface area (Å²) in [6.45, 7) is 0.249. The number of nitrogens with zero attached hydrogens (tertiary/aromatic N) is 1. The number of ether oxygens (including phenoxy) is 1. The standard InChI is InChI=1S/C21H16Cl2N2O3/c22-19-8-3-9-20(23)18(19)13-28-17-7-1-4-14(10-17)12-24-25-16-6-2-5-15(11-16)21(26)27/h1-12,25H,13H2,(H,26,27). The third-order valence-electron chi connectivity index (χ3n) is 3.82. The topological polar surface area (TPSA) is 70.9 Å². The Labute approximate surface area is 172 Å². The molecule has 5 nitrogen and oxygen atoms in total. The molecule has 2 N–H and O–H groups in total. The highest BCUT2D eigenvalue weighted by Crippen LogP contribution is 2.26. The first-order chi connectivity index (χ1) is 13.5. The van der Waals surface area contributed by atoms with E-state index in [2.05, 4.69) is 10.5 Å². The van der Waals surface area contributed by atoms with Crippen LogP contribution in [0.3, 0.4) is 0 Å². The van der Waals surface area contributed by atoms with E-state index in [0.29, 0.717) is 21.5 Å². The molecule has 0 saturated heterocycles. The zero-order chi connectivity index (χ0) is 19.9. The molecule has 0 spiro atoms. The summed E-state index contributed by atoms with van der Waals surface area (Å²) in [5.74, 6) is -0.344. The lowest BCUT2D eigenvalue weighted by atomic mass is 10.2. The van der Waals surface area contributed by atoms with Crippen LogP contribution in [0.4, 0.5) is 5.69 Å². The number of benzene rings is 3. The third-order valence-corrected chi connectivity index (χ3v) is 4.53. The summed E-state index contributed by atoms with van der Waals surface area (Å²) in [6, 6.07) is 19.1. The summed E-state index contributed by atoms with van der Waals surface area (Å²) in [7, 11) is 0. The molecule has 0 atom stereocenters. The van der Waals surface area contributed by atoms with Crippen molar-refractivity contribution in [1.29, 1.82) is 0 Å². The lowest BCUT2D eigenvalue weighted by Gasteiger charge is -2.10. The molecule has 0 amide bonds. The fourth-order valence-corrected chi connectivity index (χ4v) is 2.92. The Kier molecular flexibility index (Phi) is 6.53. The summed E-state index contributed by atoms with van der Waals surface area (Å²) in [4.78, 5) is 11.0. The van der Waals surface area contributed by atoms with Crippen molar-refractivity contribution in [3.05, 3.63) is 93.5 Å². The molecule has 142 valence electrons. The van der Waals surface area contributed by atoms with Crippen LogP contribution in [0.15, 0.2) is 71.8 Å². The number of nitrogens with one attached hydrogen (secondary N) is 1. The number of halogens is 2. The lowest BCUT2D eigenvalue weighted by Crippen LogP contribution is -1.98. The molecule has 0 aliphatic rings. The minimum atomic E-state index is -0.990. The molecule has 0 radical (unpaired) electrons. The highest BCUT2D eigenvalue weighted by Gasteiger charge is 2.06. The maximum absolute atomic E-state index is 11.0. The van der Waals surface area contributed by atoms with Gasteiger partial charge >= 0.3 is 5.97 Å². The minimum Gasteiger partial charge on any atom is -0.489 e. The number of carboxylic acid groups (broad SMARTS) is 1. The van der Waals surface area contributed by atoms with Crippen LogP contribution in [0.25, 0.3) is 0 Å². The average molecular weight is 415 g/mol. The van der Waals surface area contributed by atoms with Crippen LogP contribution in [0.5, 0.6) is 5.75 Å². The van der Waals surface area contributed by atoms with Gasteiger partial charge in [-0.2, -0.15) is 5.10 Å². The van der Waals surface area contributed by atoms with Gasteiger partial charge in [0.25, 0.3) is 0 Å². The van der Waals surface area contributed by atoms with Gasteiger partial charge in [-0.1, -0.05) is 47.5 Å². The van der Waals surface area contributed by atoms with E-state index in [1.807, 2.05) is 24.3 Å². The summed E-state index contributed by atoms with van der Waals surface area (Å²) in [5, 5.41) is 14.3. The van der Waals surface area contributed by atoms with Crippen LogP contribution in [0, 0.1) is 0 Å². The molecule has 0 aromatic heterocycles. The largest absolute Gasteiger partial charge is 0.489 e. The van der Waals surface area contributed by atoms with E-state index in [0.717, 1.165) is 11.1 Å². The number of hydrazone groups is 1. The average Bonchev–Trinajstić information content (AvgIpc) is 2.68. The van der Waals surface area contributed by atoms with Crippen LogP contribution in [-0.4, -0.2) is 17.3 Å². The monoisotopic (exact) mass is 414 g/mol. The van der Waals surface area contributed by atoms with Crippen molar-refractivity contribution in [1.82, 2.24) is 0 Å². The number of hydrogen-bond acceptors (Lipinski definition) is 4. The fourth-order valence-electron chi connectivity index (χ4n) is 2.41. The van der Waals surface area contributed by atoms with E-state index < -0.39 is 5.97 Å². The van der Waals surface area contributed by atoms with Gasteiger partial charge < -0.3 is 9.84 Å². The normalized spacial score (nSPS) is 10.8. The zero-order valence-corrected chi connectivity index (χ0v) is 16.1. The SMILES string of the molecule is O=C(O)c1cccc(NN=Cc2cccc(OCc3c(Cl)cccc3Cl)c2)c1. The van der Waals surface area contributed by atoms with Gasteiger partial charge in [-0.3, -0.25) is 5.43 Å². The Morgan fingerprint density at radius 3 is 2.50 bits per heavy atom. The van der Waals surface area contributed by atoms with Crippen LogP contribution in [0.2, 0.25) is 10.0 Å². The number of hydrogen-bond donors (Lipinski definition) is 2. The second-order valence-electron chi connectivity index (χ2n) is 5.82. The van der Waals surface area contributed by atoms with Crippen molar-refractivity contribution in [3.63, 3.8) is 0 Å². The maximum atomic E-state index is 11.0. The van der Waals surface area contributed by atoms with E-state index in [1.165, 1.54) is 12.1 Å². The molecule has 0 aliphatic carbocycles. The van der Waals surface area contributed by atoms with Crippen LogP contribution in [-0.2, 0) is 6.61 Å². The van der Waals surface area contributed by atoms with E-state index in [-0.39, 0.29) is 12.2 Å². The Hall–Kier alpha value is -3.02. The maximum Gasteiger partial charge on any atom is 0.335 e. The van der Waals surface area contributed by atoms with Crippen LogP contribution >= 0.6 is 23.2 Å². The summed E-state index contributed by atoms with van der Waals surface area (Å²) >= 11 is 12.3. The molecule has 3 aromatic carbocycles. The Morgan fingerprint density at radius 2 is 1.75 bits per heavy atom. The molecule has 3 aromatic rings. The predicted molar refractivity (Wildman–Crippen MR) is 112 cm³/mol. The van der Waals surface area contributed by atoms with Crippen molar-refractivity contribution in [2.24, 2.45) is 5.10 Å². The highest BCUT2D eigenvalue weighted by molar-refractivity contribution is 6.35. The Bertz CT molecular complexity index is 1000. The first-order valence-corrected chi connectivity index (χ1v) is 9.07. The van der Waals surface area contributed by atoms with Gasteiger partial charge in [0.05, 0.1) is 17.5 Å². The summed E-state index contributed by atoms with van der Waals surface area (Å²) < 4.78 is 5.78. The molecule has 0 saturated carbocycles. The van der Waals surface area contributed by atoms with Crippen molar-refractivity contribution >= 4 is 41.1 Å². The first-order valence-electron chi connectivity index (χ1n) is 8.31. The van der Waals surface area contributed by atoms with Crippen LogP contribution in [0.1, 0.15) is 21.5 Å². The van der Waals surface area contributed by atoms with E-state index in [4.69, 9.17) is 33.0 Å². The molecule has 3 rings (SSSR count). The van der Waals surface area contributed by atoms with Gasteiger partial charge in [-0.05, 0) is 48.0 Å². The molecule has 0 bridgehead atoms. The molecule has 0 heterocycles. The first kappa shape index (κ1) is 19.7. The molecule has 28 heavy (non-hydrogen) atoms. The Balaban J connectivity index is 1.64. The molecule has 0 fully saturated rings. The quantitative estimate of drug-likeness (QED) is 0.383. The van der Waals surface area contributed by atoms with Crippen LogP contribution < -0.4 is 10.2 Å². The minimum absolute atomic E-state index is 0.189. The van der Waals surface area contributed by atoms with Crippen molar-refractivity contribution in [2.75, 3.05) is 5.43 Å². The lowest BCUT2D eigenvalue weighted by molar-refractivity contribution is 0.0697. The number of aromatic carboxylic acids is 1. The van der Waals surface area contributed by atoms with Gasteiger partial charge in [0.2, 0.25) is 0 Å². The predicted octanol–water partition coefficient (Wildman–Crippen LogP) is 5.72. The Morgan fingerprint density at radius 1 is 1.04 bits per heavy atom. The van der Waals surface area contributed by atoms with E-state index in [9.17, 15) is 4.79 Å². The number of carbonyl (C=O) groups is 1. The second kappa shape index (κ2) is 9.26. The van der Waals surface area contributed by atoms with Crippen molar-refractivity contribution in [3.8, 4) is 5.75 Å². The summed E-state index contributed by atoms with van der Waals surface area (Å²) in [5.41, 5.74) is 5.12. The van der Waals surface area contributed by atoms with E-state index in [1.54, 1.807) is 36.5 Å². The smallest absolute Gasteiger partial charge is 0.335 e. The molecular weight excluding hydrogens is 399 g/mol. The third kappa shape index (κ3) is 5.25. The van der Waals surface area contributed by atoms with Gasteiger partial charge in [-0.25, -0.2) is 4.79 Å². The van der Waals surface area contributed by atoms with Crippen molar-refractivity contribution in [2.45, 2.75) is 6.61 Å². The fraction of sp³-hybridized carbons (Fsp3) is 0.0476. The number of carboxylic acids is 1. The molecule has 0 aliphatic heterocycles. The molecular formula is C21H16Cl2N2O3. The number of rotatable bonds is 7. The summed E-state index contributed by atoms with van der Waals surface area (Å²) in [6.07, 6.45) is 1.61. The van der Waals surface area contributed by atoms with Gasteiger partial charge in [0.15, 0.2) is 0 Å². The van der Waals surface area contributed by atoms with E-state index >= 15 is 0 Å². The van der Waals surface area contributed by atoms with Gasteiger partial charge in [0.1, 0.15) is 12.4 Å². The zero-order valence-electron chi connectivity index (χ0n) is 14.6. The second-order valence-corrected chi connectivity index (χ2v) is 6.63. The van der Waals surface area contributed by atoms with Gasteiger partial charge in [-0.15, -0.1) is 0 Å². The highest BCUT2D eigenvalue weighted by atomic mass is 35.5. The molecule has 7 heteroatoms. The molecule has 0 unspecified atom stereocenters. The number of anilines is 1. The van der Waals surface area contributed by atoms with Gasteiger partial charge in [0, 0.05) is 15.6 Å².